The highest BCUT2D eigenvalue weighted by Crippen LogP contribution is 2.43. The Morgan fingerprint density at radius 2 is 0.632 bits per heavy atom. The highest BCUT2D eigenvalue weighted by atomic mass is 16.5. The zero-order chi connectivity index (χ0) is 49.2. The third-order valence-electron chi connectivity index (χ3n) is 11.2. The molecule has 0 unspecified atom stereocenters. The van der Waals surface area contributed by atoms with Gasteiger partial charge >= 0.3 is 5.97 Å². The van der Waals surface area contributed by atoms with Crippen LogP contribution in [-0.4, -0.2) is 61.1 Å². The quantitative estimate of drug-likeness (QED) is 0.0421. The zero-order valence-corrected chi connectivity index (χ0v) is 41.0. The maximum absolute atomic E-state index is 13.5. The lowest BCUT2D eigenvalue weighted by Gasteiger charge is -2.25. The van der Waals surface area contributed by atoms with Gasteiger partial charge in [0.25, 0.3) is 0 Å². The molecule has 366 valence electrons. The summed E-state index contributed by atoms with van der Waals surface area (Å²) in [5.74, 6) is 0.723. The lowest BCUT2D eigenvalue weighted by Crippen LogP contribution is -2.15. The molecule has 68 heavy (non-hydrogen) atoms. The number of carboxylic acid groups (broad SMARTS) is 1. The minimum atomic E-state index is -0.976. The molecular weight excluding hydrogens is 865 g/mol. The molecule has 0 saturated heterocycles. The number of aliphatic carboxylic acids is 1. The predicted octanol–water partition coefficient (Wildman–Crippen LogP) is 10.8. The van der Waals surface area contributed by atoms with E-state index in [9.17, 15) is 29.1 Å². The molecule has 0 aromatic heterocycles. The Morgan fingerprint density at radius 3 is 0.838 bits per heavy atom. The summed E-state index contributed by atoms with van der Waals surface area (Å²) in [5.41, 5.74) is 8.36. The van der Waals surface area contributed by atoms with E-state index in [4.69, 9.17) is 18.9 Å². The van der Waals surface area contributed by atoms with Crippen LogP contribution in [0.15, 0.2) is 48.5 Å². The van der Waals surface area contributed by atoms with Crippen LogP contribution in [0.25, 0.3) is 0 Å². The topological polar surface area (TPSA) is 191 Å². The van der Waals surface area contributed by atoms with Crippen LogP contribution in [0.3, 0.4) is 0 Å². The molecule has 5 N–H and O–H groups in total. The standard InChI is InChI=1S/C54H70N4O10/c1-8-18-65-51-34-22-36-28-43(56-47(60)13-6)30-38(52(36)66-19-9-2)24-40-32-45(58-49(62)16-15-17-50(63)64)33-41(54(40)68-21-11-4)25-39-31-44(57-48(61)14-7)29-37(53(39)67-20-10-3)23-35(51)27-42(26-34)55-46(59)12-5/h26-33H,8-25H2,1-7H3,(H,55,59)(H,56,60)(H,57,61)(H,58,62)(H,63,64). The van der Waals surface area contributed by atoms with Gasteiger partial charge in [0.2, 0.25) is 23.6 Å². The Balaban J connectivity index is 1.94. The molecule has 4 amide bonds. The molecule has 14 nitrogen and oxygen atoms in total. The van der Waals surface area contributed by atoms with E-state index in [1.807, 2.05) is 76.2 Å². The second-order valence-electron chi connectivity index (χ2n) is 17.1. The molecule has 4 aromatic rings. The minimum Gasteiger partial charge on any atom is -0.493 e. The van der Waals surface area contributed by atoms with Crippen molar-refractivity contribution in [2.75, 3.05) is 47.7 Å². The summed E-state index contributed by atoms with van der Waals surface area (Å²) in [6, 6.07) is 15.4. The van der Waals surface area contributed by atoms with Crippen molar-refractivity contribution in [2.45, 2.75) is 138 Å². The third kappa shape index (κ3) is 14.7. The summed E-state index contributed by atoms with van der Waals surface area (Å²) in [6.07, 6.45) is 4.81. The van der Waals surface area contributed by atoms with Gasteiger partial charge in [0.15, 0.2) is 0 Å². The number of hydrogen-bond acceptors (Lipinski definition) is 9. The Morgan fingerprint density at radius 1 is 0.397 bits per heavy atom. The maximum Gasteiger partial charge on any atom is 0.303 e. The average molecular weight is 935 g/mol. The molecule has 14 heteroatoms. The summed E-state index contributed by atoms with van der Waals surface area (Å²) in [6.45, 7) is 15.2. The summed E-state index contributed by atoms with van der Waals surface area (Å²) >= 11 is 0. The van der Waals surface area contributed by atoms with Gasteiger partial charge in [0.1, 0.15) is 23.0 Å². The number of carbonyl (C=O) groups excluding carboxylic acids is 4. The van der Waals surface area contributed by atoms with Gasteiger partial charge in [-0.15, -0.1) is 0 Å². The highest BCUT2D eigenvalue weighted by molar-refractivity contribution is 5.93. The van der Waals surface area contributed by atoms with Gasteiger partial charge < -0.3 is 45.3 Å². The predicted molar refractivity (Wildman–Crippen MR) is 267 cm³/mol. The van der Waals surface area contributed by atoms with Crippen molar-refractivity contribution in [1.29, 1.82) is 0 Å². The van der Waals surface area contributed by atoms with Crippen LogP contribution in [-0.2, 0) is 49.7 Å². The lowest BCUT2D eigenvalue weighted by molar-refractivity contribution is -0.137. The lowest BCUT2D eigenvalue weighted by atomic mass is 9.90. The van der Waals surface area contributed by atoms with Crippen molar-refractivity contribution in [2.24, 2.45) is 0 Å². The number of anilines is 4. The first-order valence-electron chi connectivity index (χ1n) is 24.4. The second kappa shape index (κ2) is 26.1. The number of carboxylic acids is 1. The van der Waals surface area contributed by atoms with Crippen molar-refractivity contribution in [3.05, 3.63) is 93.0 Å². The van der Waals surface area contributed by atoms with Crippen LogP contribution < -0.4 is 40.2 Å². The van der Waals surface area contributed by atoms with Gasteiger partial charge in [0, 0.05) is 125 Å². The molecule has 0 fully saturated rings. The van der Waals surface area contributed by atoms with Crippen LogP contribution in [0, 0.1) is 0 Å². The SMILES string of the molecule is CCCOc1c2cc(NC(=O)CC)cc1Cc1cc(NC(=O)CC)cc(c1OCCC)Cc1cc(NC(=O)CCCC(=O)O)cc(c1OCCC)Cc1cc(NC(=O)CC)cc(c1OCCC)C2. The Bertz CT molecular complexity index is 2300. The maximum atomic E-state index is 13.5. The van der Waals surface area contributed by atoms with Crippen molar-refractivity contribution in [3.8, 4) is 23.0 Å². The minimum absolute atomic E-state index is 0.00801. The largest absolute Gasteiger partial charge is 0.493 e. The van der Waals surface area contributed by atoms with Crippen molar-refractivity contribution in [3.63, 3.8) is 0 Å². The van der Waals surface area contributed by atoms with E-state index >= 15 is 0 Å². The normalized spacial score (nSPS) is 11.8. The van der Waals surface area contributed by atoms with Gasteiger partial charge in [-0.05, 0) is 80.6 Å². The number of nitrogens with one attached hydrogen (secondary N) is 4. The zero-order valence-electron chi connectivity index (χ0n) is 41.0. The first-order chi connectivity index (χ1) is 32.8. The molecule has 4 aromatic carbocycles. The molecule has 0 heterocycles. The monoisotopic (exact) mass is 935 g/mol. The number of ether oxygens (including phenoxy) is 4. The fourth-order valence-corrected chi connectivity index (χ4v) is 8.11. The van der Waals surface area contributed by atoms with E-state index in [1.165, 1.54) is 0 Å². The van der Waals surface area contributed by atoms with E-state index in [-0.39, 0.29) is 87.8 Å². The Hall–Kier alpha value is -6.57. The fraction of sp³-hybridized carbons (Fsp3) is 0.463. The van der Waals surface area contributed by atoms with Crippen LogP contribution in [0.1, 0.15) is 157 Å². The first-order valence-corrected chi connectivity index (χ1v) is 24.4. The molecule has 0 spiro atoms. The van der Waals surface area contributed by atoms with Gasteiger partial charge in [-0.1, -0.05) is 48.5 Å². The number of carbonyl (C=O) groups is 5. The summed E-state index contributed by atoms with van der Waals surface area (Å²) < 4.78 is 26.9. The van der Waals surface area contributed by atoms with E-state index in [2.05, 4.69) is 21.3 Å². The number of fused-ring (bicyclic) bond motifs is 8. The van der Waals surface area contributed by atoms with Crippen LogP contribution in [0.4, 0.5) is 22.7 Å². The van der Waals surface area contributed by atoms with Crippen LogP contribution >= 0.6 is 0 Å². The molecular formula is C54H70N4O10. The van der Waals surface area contributed by atoms with Crippen molar-refractivity contribution >= 4 is 52.3 Å². The molecule has 8 bridgehead atoms. The molecule has 1 aliphatic rings. The van der Waals surface area contributed by atoms with E-state index < -0.39 is 5.97 Å². The molecule has 0 radical (unpaired) electrons. The Kier molecular flexibility index (Phi) is 20.1. The van der Waals surface area contributed by atoms with Crippen molar-refractivity contribution < 1.29 is 48.0 Å². The highest BCUT2D eigenvalue weighted by Gasteiger charge is 2.26. The van der Waals surface area contributed by atoms with E-state index in [0.717, 1.165) is 63.8 Å². The van der Waals surface area contributed by atoms with E-state index in [1.54, 1.807) is 20.8 Å². The number of benzene rings is 4. The van der Waals surface area contributed by atoms with Crippen molar-refractivity contribution in [1.82, 2.24) is 0 Å². The molecule has 5 rings (SSSR count). The summed E-state index contributed by atoms with van der Waals surface area (Å²) in [5, 5.41) is 21.6. The Labute approximate surface area is 401 Å². The first kappa shape index (κ1) is 52.4. The molecule has 0 saturated carbocycles. The van der Waals surface area contributed by atoms with E-state index in [0.29, 0.717) is 78.6 Å². The van der Waals surface area contributed by atoms with Crippen LogP contribution in [0.2, 0.25) is 0 Å². The second-order valence-corrected chi connectivity index (χ2v) is 17.1. The molecule has 0 aliphatic heterocycles. The fourth-order valence-electron chi connectivity index (χ4n) is 8.11. The third-order valence-corrected chi connectivity index (χ3v) is 11.2. The average Bonchev–Trinajstić information content (AvgIpc) is 3.30. The molecule has 1 aliphatic carbocycles. The smallest absolute Gasteiger partial charge is 0.303 e. The number of amides is 4. The molecule has 0 atom stereocenters. The van der Waals surface area contributed by atoms with Crippen LogP contribution in [0.5, 0.6) is 23.0 Å². The van der Waals surface area contributed by atoms with Gasteiger partial charge in [-0.3, -0.25) is 24.0 Å². The summed E-state index contributed by atoms with van der Waals surface area (Å²) in [7, 11) is 0. The number of rotatable bonds is 23. The summed E-state index contributed by atoms with van der Waals surface area (Å²) in [4.78, 5) is 64.1. The van der Waals surface area contributed by atoms with Gasteiger partial charge in [0.05, 0.1) is 26.4 Å². The number of hydrogen-bond donors (Lipinski definition) is 5. The van der Waals surface area contributed by atoms with Gasteiger partial charge in [-0.2, -0.15) is 0 Å². The van der Waals surface area contributed by atoms with Gasteiger partial charge in [-0.25, -0.2) is 0 Å².